The van der Waals surface area contributed by atoms with Crippen LogP contribution < -0.4 is 9.80 Å². The van der Waals surface area contributed by atoms with E-state index in [9.17, 15) is 4.39 Å². The molecule has 3 aromatic rings. The Labute approximate surface area is 133 Å². The van der Waals surface area contributed by atoms with Gasteiger partial charge in [0, 0.05) is 26.2 Å². The van der Waals surface area contributed by atoms with E-state index in [0.29, 0.717) is 5.69 Å². The number of hydrogen-bond acceptors (Lipinski definition) is 5. The van der Waals surface area contributed by atoms with E-state index < -0.39 is 0 Å². The van der Waals surface area contributed by atoms with E-state index in [2.05, 4.69) is 25.1 Å². The first-order chi connectivity index (χ1) is 11.2. The number of hydrogen-bond donors (Lipinski definition) is 0. The fraction of sp³-hybridized carbons (Fsp3) is 0.312. The molecule has 1 aliphatic heterocycles. The van der Waals surface area contributed by atoms with Gasteiger partial charge in [-0.25, -0.2) is 4.39 Å². The smallest absolute Gasteiger partial charge is 0.200 e. The predicted octanol–water partition coefficient (Wildman–Crippen LogP) is 1.90. The van der Waals surface area contributed by atoms with Crippen LogP contribution in [0.2, 0.25) is 0 Å². The van der Waals surface area contributed by atoms with Gasteiger partial charge in [0.2, 0.25) is 5.65 Å². The lowest BCUT2D eigenvalue weighted by Gasteiger charge is -2.37. The molecule has 4 rings (SSSR count). The summed E-state index contributed by atoms with van der Waals surface area (Å²) in [5.74, 6) is -0.166. The van der Waals surface area contributed by atoms with Crippen molar-refractivity contribution in [2.75, 3.05) is 36.0 Å². The number of aryl methyl sites for hydroxylation is 1. The third-order valence-electron chi connectivity index (χ3n) is 4.18. The van der Waals surface area contributed by atoms with Crippen LogP contribution in [0, 0.1) is 12.7 Å². The molecule has 0 bridgehead atoms. The van der Waals surface area contributed by atoms with E-state index in [4.69, 9.17) is 0 Å². The molecule has 1 aliphatic rings. The van der Waals surface area contributed by atoms with Crippen LogP contribution in [-0.4, -0.2) is 46.0 Å². The van der Waals surface area contributed by atoms with Gasteiger partial charge < -0.3 is 9.80 Å². The highest BCUT2D eigenvalue weighted by Crippen LogP contribution is 2.25. The second kappa shape index (κ2) is 5.49. The van der Waals surface area contributed by atoms with E-state index in [1.54, 1.807) is 16.9 Å². The molecule has 0 N–H and O–H groups in total. The number of anilines is 2. The number of rotatable bonds is 2. The van der Waals surface area contributed by atoms with Gasteiger partial charge in [-0.2, -0.15) is 9.61 Å². The maximum atomic E-state index is 13.9. The summed E-state index contributed by atoms with van der Waals surface area (Å²) in [5.41, 5.74) is 3.38. The Kier molecular flexibility index (Phi) is 3.33. The van der Waals surface area contributed by atoms with Crippen molar-refractivity contribution in [3.05, 3.63) is 48.2 Å². The number of benzene rings is 1. The molecular weight excluding hydrogens is 295 g/mol. The standard InChI is InChI=1S/C16H17FN6/c1-12-10-15(16-19-18-11-23(16)20-12)22-8-6-21(7-9-22)14-5-3-2-4-13(14)17/h2-5,10-11H,6-9H2,1H3. The van der Waals surface area contributed by atoms with Gasteiger partial charge in [0.25, 0.3) is 0 Å². The highest BCUT2D eigenvalue weighted by Gasteiger charge is 2.22. The van der Waals surface area contributed by atoms with Crippen LogP contribution in [0.1, 0.15) is 5.69 Å². The van der Waals surface area contributed by atoms with Gasteiger partial charge in [-0.3, -0.25) is 0 Å². The summed E-state index contributed by atoms with van der Waals surface area (Å²) >= 11 is 0. The quantitative estimate of drug-likeness (QED) is 0.723. The minimum atomic E-state index is -0.166. The highest BCUT2D eigenvalue weighted by molar-refractivity contribution is 5.69. The second-order valence-electron chi connectivity index (χ2n) is 5.70. The van der Waals surface area contributed by atoms with Crippen LogP contribution in [0.5, 0.6) is 0 Å². The molecule has 23 heavy (non-hydrogen) atoms. The van der Waals surface area contributed by atoms with Crippen molar-refractivity contribution in [3.8, 4) is 0 Å². The van der Waals surface area contributed by atoms with Crippen LogP contribution in [-0.2, 0) is 0 Å². The average Bonchev–Trinajstić information content (AvgIpc) is 3.03. The van der Waals surface area contributed by atoms with Crippen molar-refractivity contribution in [1.29, 1.82) is 0 Å². The summed E-state index contributed by atoms with van der Waals surface area (Å²) < 4.78 is 15.6. The Morgan fingerprint density at radius 2 is 1.70 bits per heavy atom. The Bertz CT molecular complexity index is 837. The summed E-state index contributed by atoms with van der Waals surface area (Å²) in [6.45, 7) is 5.10. The van der Waals surface area contributed by atoms with Crippen LogP contribution in [0.4, 0.5) is 15.8 Å². The highest BCUT2D eigenvalue weighted by atomic mass is 19.1. The van der Waals surface area contributed by atoms with Crippen molar-refractivity contribution in [2.45, 2.75) is 6.92 Å². The van der Waals surface area contributed by atoms with E-state index in [1.165, 1.54) is 6.07 Å². The van der Waals surface area contributed by atoms with Crippen LogP contribution >= 0.6 is 0 Å². The zero-order chi connectivity index (χ0) is 15.8. The molecule has 7 heteroatoms. The van der Waals surface area contributed by atoms with Crippen molar-refractivity contribution in [2.24, 2.45) is 0 Å². The fourth-order valence-electron chi connectivity index (χ4n) is 3.06. The van der Waals surface area contributed by atoms with Crippen LogP contribution in [0.15, 0.2) is 36.7 Å². The number of para-hydroxylation sites is 1. The number of aromatic nitrogens is 4. The zero-order valence-electron chi connectivity index (χ0n) is 12.9. The van der Waals surface area contributed by atoms with Gasteiger partial charge in [-0.05, 0) is 25.1 Å². The van der Waals surface area contributed by atoms with Crippen molar-refractivity contribution < 1.29 is 4.39 Å². The first-order valence-corrected chi connectivity index (χ1v) is 7.64. The molecule has 0 saturated carbocycles. The van der Waals surface area contributed by atoms with Gasteiger partial charge in [0.05, 0.1) is 17.1 Å². The van der Waals surface area contributed by atoms with Gasteiger partial charge in [-0.1, -0.05) is 12.1 Å². The van der Waals surface area contributed by atoms with Crippen molar-refractivity contribution in [1.82, 2.24) is 19.8 Å². The van der Waals surface area contributed by atoms with E-state index in [0.717, 1.165) is 43.2 Å². The molecule has 1 fully saturated rings. The molecule has 0 amide bonds. The maximum Gasteiger partial charge on any atom is 0.200 e. The van der Waals surface area contributed by atoms with E-state index >= 15 is 0 Å². The van der Waals surface area contributed by atoms with Crippen LogP contribution in [0.3, 0.4) is 0 Å². The summed E-state index contributed by atoms with van der Waals surface area (Å²) in [4.78, 5) is 4.34. The molecule has 0 atom stereocenters. The van der Waals surface area contributed by atoms with Crippen molar-refractivity contribution in [3.63, 3.8) is 0 Å². The molecular formula is C16H17FN6. The minimum Gasteiger partial charge on any atom is -0.366 e. The van der Waals surface area contributed by atoms with Gasteiger partial charge in [-0.15, -0.1) is 10.2 Å². The lowest BCUT2D eigenvalue weighted by atomic mass is 10.2. The summed E-state index contributed by atoms with van der Waals surface area (Å²) in [7, 11) is 0. The number of fused-ring (bicyclic) bond motifs is 1. The molecule has 1 saturated heterocycles. The van der Waals surface area contributed by atoms with E-state index in [-0.39, 0.29) is 5.82 Å². The third kappa shape index (κ3) is 2.48. The van der Waals surface area contributed by atoms with Crippen molar-refractivity contribution >= 4 is 17.0 Å². The minimum absolute atomic E-state index is 0.166. The Balaban J connectivity index is 1.57. The normalized spacial score (nSPS) is 15.4. The maximum absolute atomic E-state index is 13.9. The molecule has 0 unspecified atom stereocenters. The first kappa shape index (κ1) is 13.9. The lowest BCUT2D eigenvalue weighted by molar-refractivity contribution is 0.597. The predicted molar refractivity (Wildman–Crippen MR) is 86.3 cm³/mol. The second-order valence-corrected chi connectivity index (χ2v) is 5.70. The number of halogens is 1. The summed E-state index contributed by atoms with van der Waals surface area (Å²) in [5, 5.41) is 12.5. The largest absolute Gasteiger partial charge is 0.366 e. The zero-order valence-corrected chi connectivity index (χ0v) is 12.9. The van der Waals surface area contributed by atoms with Gasteiger partial charge in [0.15, 0.2) is 0 Å². The number of nitrogens with zero attached hydrogens (tertiary/aromatic N) is 6. The lowest BCUT2D eigenvalue weighted by Crippen LogP contribution is -2.47. The molecule has 0 radical (unpaired) electrons. The van der Waals surface area contributed by atoms with Gasteiger partial charge in [0.1, 0.15) is 12.1 Å². The molecule has 118 valence electrons. The Hall–Kier alpha value is -2.70. The fourth-order valence-corrected chi connectivity index (χ4v) is 3.06. The third-order valence-corrected chi connectivity index (χ3v) is 4.18. The topological polar surface area (TPSA) is 49.6 Å². The molecule has 1 aromatic carbocycles. The molecule has 0 aliphatic carbocycles. The average molecular weight is 312 g/mol. The molecule has 0 spiro atoms. The SMILES string of the molecule is Cc1cc(N2CCN(c3ccccc3F)CC2)c2nncn2n1. The molecule has 3 heterocycles. The summed E-state index contributed by atoms with van der Waals surface area (Å²) in [6.07, 6.45) is 1.61. The Morgan fingerprint density at radius 3 is 2.43 bits per heavy atom. The van der Waals surface area contributed by atoms with Gasteiger partial charge >= 0.3 is 0 Å². The van der Waals surface area contributed by atoms with E-state index in [1.807, 2.05) is 25.1 Å². The first-order valence-electron chi connectivity index (χ1n) is 7.64. The molecule has 2 aromatic heterocycles. The molecule has 6 nitrogen and oxygen atoms in total. The summed E-state index contributed by atoms with van der Waals surface area (Å²) in [6, 6.07) is 8.96. The van der Waals surface area contributed by atoms with Crippen LogP contribution in [0.25, 0.3) is 5.65 Å². The Morgan fingerprint density at radius 1 is 1.00 bits per heavy atom. The number of piperazine rings is 1. The monoisotopic (exact) mass is 312 g/mol.